The van der Waals surface area contributed by atoms with Crippen LogP contribution in [0.2, 0.25) is 0 Å². The maximum Gasteiger partial charge on any atom is 0.191 e. The smallest absolute Gasteiger partial charge is 0.191 e. The number of hydrogen-bond donors (Lipinski definition) is 2. The van der Waals surface area contributed by atoms with E-state index in [1.165, 1.54) is 5.57 Å². The fourth-order valence-corrected chi connectivity index (χ4v) is 3.60. The molecule has 1 heterocycles. The molecule has 0 unspecified atom stereocenters. The van der Waals surface area contributed by atoms with Crippen LogP contribution in [-0.4, -0.2) is 69.0 Å². The van der Waals surface area contributed by atoms with Crippen LogP contribution in [0.4, 0.5) is 0 Å². The Balaban J connectivity index is 2.38. The minimum atomic E-state index is -3.11. The Morgan fingerprint density at radius 1 is 1.29 bits per heavy atom. The zero-order valence-corrected chi connectivity index (χ0v) is 16.7. The molecule has 0 saturated carbocycles. The van der Waals surface area contributed by atoms with Crippen molar-refractivity contribution in [2.24, 2.45) is 4.99 Å². The molecule has 0 spiro atoms. The summed E-state index contributed by atoms with van der Waals surface area (Å²) < 4.78 is 23.5. The molecule has 0 atom stereocenters. The summed E-state index contributed by atoms with van der Waals surface area (Å²) in [6.45, 7) is 14.6. The van der Waals surface area contributed by atoms with Crippen LogP contribution < -0.4 is 10.6 Å². The highest BCUT2D eigenvalue weighted by atomic mass is 32.2. The summed E-state index contributed by atoms with van der Waals surface area (Å²) in [5.41, 5.74) is 1.19. The van der Waals surface area contributed by atoms with Crippen LogP contribution in [0.25, 0.3) is 0 Å². The molecule has 1 saturated heterocycles. The molecule has 0 aromatic heterocycles. The third-order valence-electron chi connectivity index (χ3n) is 4.24. The highest BCUT2D eigenvalue weighted by Crippen LogP contribution is 2.15. The number of sulfone groups is 1. The van der Waals surface area contributed by atoms with E-state index in [0.717, 1.165) is 32.5 Å². The Morgan fingerprint density at radius 3 is 2.33 bits per heavy atom. The number of likely N-dealkylation sites (tertiary alicyclic amines) is 1. The lowest BCUT2D eigenvalue weighted by molar-refractivity contribution is 0.221. The van der Waals surface area contributed by atoms with Gasteiger partial charge in [0, 0.05) is 39.3 Å². The van der Waals surface area contributed by atoms with Crippen molar-refractivity contribution < 1.29 is 8.42 Å². The van der Waals surface area contributed by atoms with Crippen molar-refractivity contribution in [3.05, 3.63) is 12.2 Å². The van der Waals surface area contributed by atoms with E-state index < -0.39 is 14.6 Å². The third kappa shape index (κ3) is 6.81. The number of rotatable bonds is 6. The molecule has 0 aromatic carbocycles. The molecule has 0 amide bonds. The largest absolute Gasteiger partial charge is 0.355 e. The van der Waals surface area contributed by atoms with Gasteiger partial charge in [0.05, 0.1) is 10.5 Å². The molecule has 7 heteroatoms. The number of piperidine rings is 1. The van der Waals surface area contributed by atoms with Crippen molar-refractivity contribution in [3.8, 4) is 0 Å². The fraction of sp³-hybridized carbons (Fsp3) is 0.824. The lowest BCUT2D eigenvalue weighted by atomic mass is 10.0. The lowest BCUT2D eigenvalue weighted by Gasteiger charge is -2.33. The molecule has 2 N–H and O–H groups in total. The van der Waals surface area contributed by atoms with Gasteiger partial charge in [-0.05, 0) is 40.5 Å². The van der Waals surface area contributed by atoms with E-state index >= 15 is 0 Å². The van der Waals surface area contributed by atoms with E-state index in [1.807, 2.05) is 0 Å². The maximum atomic E-state index is 12.1. The van der Waals surface area contributed by atoms with Gasteiger partial charge >= 0.3 is 0 Å². The Morgan fingerprint density at radius 2 is 1.88 bits per heavy atom. The van der Waals surface area contributed by atoms with Crippen LogP contribution in [0.5, 0.6) is 0 Å². The van der Waals surface area contributed by atoms with E-state index in [-0.39, 0.29) is 5.75 Å². The number of aliphatic imine (C=N–C) groups is 1. The van der Waals surface area contributed by atoms with Gasteiger partial charge in [-0.1, -0.05) is 12.2 Å². The second kappa shape index (κ2) is 8.85. The minimum absolute atomic E-state index is 0.105. The van der Waals surface area contributed by atoms with Crippen LogP contribution in [0.3, 0.4) is 0 Å². The molecule has 1 rings (SSSR count). The number of nitrogens with one attached hydrogen (secondary N) is 2. The molecular weight excluding hydrogens is 324 g/mol. The molecule has 0 bridgehead atoms. The Kier molecular flexibility index (Phi) is 7.73. The van der Waals surface area contributed by atoms with Gasteiger partial charge in [0.2, 0.25) is 0 Å². The second-order valence-corrected chi connectivity index (χ2v) is 10.4. The van der Waals surface area contributed by atoms with E-state index in [1.54, 1.807) is 27.8 Å². The van der Waals surface area contributed by atoms with E-state index in [0.29, 0.717) is 18.5 Å². The topological polar surface area (TPSA) is 73.8 Å². The number of nitrogens with zero attached hydrogens (tertiary/aromatic N) is 2. The molecule has 0 aliphatic carbocycles. The zero-order valence-electron chi connectivity index (χ0n) is 15.9. The summed E-state index contributed by atoms with van der Waals surface area (Å²) in [5.74, 6) is 0.784. The monoisotopic (exact) mass is 358 g/mol. The van der Waals surface area contributed by atoms with Crippen LogP contribution >= 0.6 is 0 Å². The number of hydrogen-bond acceptors (Lipinski definition) is 4. The van der Waals surface area contributed by atoms with Crippen LogP contribution in [0.15, 0.2) is 17.1 Å². The average Bonchev–Trinajstić information content (AvgIpc) is 2.46. The minimum Gasteiger partial charge on any atom is -0.355 e. The molecule has 1 aliphatic heterocycles. The summed E-state index contributed by atoms with van der Waals surface area (Å²) in [6.07, 6.45) is 2.10. The molecule has 0 radical (unpaired) electrons. The first-order chi connectivity index (χ1) is 11.0. The van der Waals surface area contributed by atoms with Gasteiger partial charge in [-0.3, -0.25) is 9.89 Å². The Hall–Kier alpha value is -1.08. The normalized spacial score (nSPS) is 18.5. The summed E-state index contributed by atoms with van der Waals surface area (Å²) in [4.78, 5) is 6.61. The van der Waals surface area contributed by atoms with E-state index in [9.17, 15) is 8.42 Å². The fourth-order valence-electron chi connectivity index (χ4n) is 2.62. The highest BCUT2D eigenvalue weighted by Gasteiger charge is 2.28. The Bertz CT molecular complexity index is 541. The van der Waals surface area contributed by atoms with Crippen molar-refractivity contribution in [1.29, 1.82) is 0 Å². The highest BCUT2D eigenvalue weighted by molar-refractivity contribution is 7.92. The summed E-state index contributed by atoms with van der Waals surface area (Å²) in [7, 11) is -1.40. The standard InChI is InChI=1S/C17H34N4O2S/c1-14(2)13-21-10-7-15(8-11-21)20-16(18-6)19-9-12-24(22,23)17(3,4)5/h15H,1,7-13H2,2-6H3,(H2,18,19,20). The van der Waals surface area contributed by atoms with Gasteiger partial charge in [0.15, 0.2) is 15.8 Å². The van der Waals surface area contributed by atoms with Gasteiger partial charge in [-0.15, -0.1) is 0 Å². The molecule has 1 aliphatic rings. The van der Waals surface area contributed by atoms with Crippen LogP contribution in [0.1, 0.15) is 40.5 Å². The lowest BCUT2D eigenvalue weighted by Crippen LogP contribution is -2.49. The number of guanidine groups is 1. The quantitative estimate of drug-likeness (QED) is 0.427. The first kappa shape index (κ1) is 21.0. The predicted octanol–water partition coefficient (Wildman–Crippen LogP) is 1.41. The molecule has 6 nitrogen and oxygen atoms in total. The van der Waals surface area contributed by atoms with Gasteiger partial charge in [0.25, 0.3) is 0 Å². The molecule has 0 aromatic rings. The average molecular weight is 359 g/mol. The summed E-state index contributed by atoms with van der Waals surface area (Å²) in [5, 5.41) is 6.52. The molecule has 140 valence electrons. The van der Waals surface area contributed by atoms with Gasteiger partial charge < -0.3 is 10.6 Å². The SMILES string of the molecule is C=C(C)CN1CCC(NC(=NC)NCCS(=O)(=O)C(C)(C)C)CC1. The second-order valence-electron chi connectivity index (χ2n) is 7.58. The van der Waals surface area contributed by atoms with Gasteiger partial charge in [-0.25, -0.2) is 8.42 Å². The first-order valence-corrected chi connectivity index (χ1v) is 10.3. The van der Waals surface area contributed by atoms with Crippen LogP contribution in [0, 0.1) is 0 Å². The first-order valence-electron chi connectivity index (χ1n) is 8.61. The van der Waals surface area contributed by atoms with E-state index in [4.69, 9.17) is 0 Å². The van der Waals surface area contributed by atoms with Crippen molar-refractivity contribution >= 4 is 15.8 Å². The maximum absolute atomic E-state index is 12.1. The Labute approximate surface area is 147 Å². The van der Waals surface area contributed by atoms with Crippen molar-refractivity contribution in [3.63, 3.8) is 0 Å². The summed E-state index contributed by atoms with van der Waals surface area (Å²) in [6, 6.07) is 0.372. The predicted molar refractivity (Wildman–Crippen MR) is 102 cm³/mol. The molecule has 24 heavy (non-hydrogen) atoms. The van der Waals surface area contributed by atoms with Crippen LogP contribution in [-0.2, 0) is 9.84 Å². The van der Waals surface area contributed by atoms with Gasteiger partial charge in [-0.2, -0.15) is 0 Å². The van der Waals surface area contributed by atoms with Crippen molar-refractivity contribution in [1.82, 2.24) is 15.5 Å². The summed E-state index contributed by atoms with van der Waals surface area (Å²) >= 11 is 0. The van der Waals surface area contributed by atoms with Crippen molar-refractivity contribution in [2.45, 2.75) is 51.3 Å². The zero-order chi connectivity index (χ0) is 18.4. The molecular formula is C17H34N4O2S. The molecule has 1 fully saturated rings. The van der Waals surface area contributed by atoms with Crippen molar-refractivity contribution in [2.75, 3.05) is 39.0 Å². The van der Waals surface area contributed by atoms with E-state index in [2.05, 4.69) is 34.0 Å². The van der Waals surface area contributed by atoms with Gasteiger partial charge in [0.1, 0.15) is 0 Å². The third-order valence-corrected chi connectivity index (χ3v) is 6.85.